The van der Waals surface area contributed by atoms with Gasteiger partial charge in [-0.3, -0.25) is 4.57 Å². The molecule has 1 N–H and O–H groups in total. The number of aromatic nitrogens is 8. The van der Waals surface area contributed by atoms with Gasteiger partial charge in [0.05, 0.1) is 28.4 Å². The van der Waals surface area contributed by atoms with Crippen LogP contribution in [-0.4, -0.2) is 60.0 Å². The lowest BCUT2D eigenvalue weighted by Gasteiger charge is -2.28. The number of hydrogen-bond acceptors (Lipinski definition) is 11. The van der Waals surface area contributed by atoms with Crippen molar-refractivity contribution in [3.63, 3.8) is 0 Å². The second-order valence-corrected chi connectivity index (χ2v) is 12.0. The quantitative estimate of drug-likeness (QED) is 0.321. The predicted molar refractivity (Wildman–Crippen MR) is 134 cm³/mol. The fraction of sp³-hybridized carbons (Fsp3) is 0.318. The van der Waals surface area contributed by atoms with E-state index in [0.717, 1.165) is 5.82 Å². The van der Waals surface area contributed by atoms with E-state index < -0.39 is 27.0 Å². The van der Waals surface area contributed by atoms with Gasteiger partial charge < -0.3 is 9.47 Å². The molecule has 13 nitrogen and oxygen atoms in total. The van der Waals surface area contributed by atoms with Crippen molar-refractivity contribution in [2.75, 3.05) is 11.4 Å². The molecule has 17 heteroatoms. The molecule has 4 aromatic heterocycles. The van der Waals surface area contributed by atoms with E-state index in [9.17, 15) is 22.5 Å². The first-order valence-electron chi connectivity index (χ1n) is 11.8. The lowest BCUT2D eigenvalue weighted by atomic mass is 10.2. The highest BCUT2D eigenvalue weighted by Crippen LogP contribution is 2.40. The molecule has 0 saturated heterocycles. The van der Waals surface area contributed by atoms with Crippen LogP contribution in [0.3, 0.4) is 0 Å². The number of rotatable bonds is 6. The van der Waals surface area contributed by atoms with Crippen molar-refractivity contribution in [1.29, 1.82) is 5.26 Å². The summed E-state index contributed by atoms with van der Waals surface area (Å²) >= 11 is 0.686. The molecule has 0 atom stereocenters. The van der Waals surface area contributed by atoms with Crippen molar-refractivity contribution >= 4 is 49.1 Å². The van der Waals surface area contributed by atoms with Crippen LogP contribution in [0.4, 0.5) is 14.6 Å². The summed E-state index contributed by atoms with van der Waals surface area (Å²) < 4.78 is 59.2. The first-order valence-corrected chi connectivity index (χ1v) is 14.1. The molecule has 0 unspecified atom stereocenters. The highest BCUT2D eigenvalue weighted by molar-refractivity contribution is 7.89. The van der Waals surface area contributed by atoms with E-state index in [1.165, 1.54) is 23.0 Å². The first-order chi connectivity index (χ1) is 18.8. The maximum Gasteiger partial charge on any atom is 0.291 e. The number of alkyl halides is 2. The zero-order chi connectivity index (χ0) is 26.9. The molecule has 0 amide bonds. The Balaban J connectivity index is 1.44. The van der Waals surface area contributed by atoms with E-state index in [2.05, 4.69) is 35.1 Å². The molecule has 0 bridgehead atoms. The fourth-order valence-electron chi connectivity index (χ4n) is 4.73. The van der Waals surface area contributed by atoms with Gasteiger partial charge in [-0.25, -0.2) is 27.2 Å². The second-order valence-electron chi connectivity index (χ2n) is 9.30. The van der Waals surface area contributed by atoms with E-state index in [1.54, 1.807) is 12.4 Å². The van der Waals surface area contributed by atoms with Gasteiger partial charge in [0.2, 0.25) is 15.2 Å². The van der Waals surface area contributed by atoms with Crippen LogP contribution in [0.1, 0.15) is 30.1 Å². The van der Waals surface area contributed by atoms with Gasteiger partial charge in [0.15, 0.2) is 16.5 Å². The van der Waals surface area contributed by atoms with Crippen molar-refractivity contribution in [3.8, 4) is 11.2 Å². The summed E-state index contributed by atoms with van der Waals surface area (Å²) in [7, 11) is -4.06. The van der Waals surface area contributed by atoms with Gasteiger partial charge in [-0.15, -0.1) is 20.4 Å². The molecule has 5 aromatic rings. The highest BCUT2D eigenvalue weighted by Gasteiger charge is 2.47. The van der Waals surface area contributed by atoms with Gasteiger partial charge in [-0.1, -0.05) is 17.4 Å². The predicted octanol–water partition coefficient (Wildman–Crippen LogP) is 2.31. The SMILES string of the molecule is N#CC1(NS(=O)(=O)c2ccc3c4c(N5CCn6cnnc6C5)ncnc4n(-c4nnc(C(F)F)s4)c3c2)CC1. The number of benzene rings is 1. The Labute approximate surface area is 222 Å². The standard InChI is InChI=1S/C22H17F2N11O2S2/c23-17(24)20-30-31-21(38-20)35-14-7-12(39(36,37)32-22(9-25)3-4-22)1-2-13(14)16-18(26-10-27-19(16)35)33-5-6-34-11-28-29-15(34)8-33/h1-2,7,10-11,17,32H,3-6,8H2. The van der Waals surface area contributed by atoms with E-state index in [4.69, 9.17) is 0 Å². The van der Waals surface area contributed by atoms with Crippen molar-refractivity contribution in [3.05, 3.63) is 41.7 Å². The molecule has 0 radical (unpaired) electrons. The molecular weight excluding hydrogens is 552 g/mol. The van der Waals surface area contributed by atoms with Crippen LogP contribution >= 0.6 is 11.3 Å². The molecule has 1 aliphatic carbocycles. The lowest BCUT2D eigenvalue weighted by molar-refractivity contribution is 0.150. The third-order valence-corrected chi connectivity index (χ3v) is 9.30. The smallest absolute Gasteiger partial charge is 0.291 e. The Hall–Kier alpha value is -4.14. The minimum absolute atomic E-state index is 0.0836. The van der Waals surface area contributed by atoms with E-state index in [-0.39, 0.29) is 10.0 Å². The van der Waals surface area contributed by atoms with Crippen LogP contribution in [0.5, 0.6) is 0 Å². The van der Waals surface area contributed by atoms with E-state index in [0.29, 0.717) is 71.6 Å². The maximum absolute atomic E-state index is 13.4. The van der Waals surface area contributed by atoms with Crippen LogP contribution in [0.2, 0.25) is 0 Å². The molecule has 1 aromatic carbocycles. The average Bonchev–Trinajstić information content (AvgIpc) is 3.28. The van der Waals surface area contributed by atoms with Crippen LogP contribution in [0.15, 0.2) is 35.7 Å². The normalized spacial score (nSPS) is 16.6. The van der Waals surface area contributed by atoms with Gasteiger partial charge in [-0.2, -0.15) is 9.98 Å². The van der Waals surface area contributed by atoms with Crippen LogP contribution in [-0.2, 0) is 23.1 Å². The minimum atomic E-state index is -4.06. The molecule has 1 saturated carbocycles. The zero-order valence-corrected chi connectivity index (χ0v) is 21.5. The zero-order valence-electron chi connectivity index (χ0n) is 19.9. The lowest BCUT2D eigenvalue weighted by Crippen LogP contribution is -2.35. The van der Waals surface area contributed by atoms with E-state index >= 15 is 0 Å². The second kappa shape index (κ2) is 8.43. The molecule has 1 aliphatic heterocycles. The Morgan fingerprint density at radius 1 is 1.15 bits per heavy atom. The topological polar surface area (TPSA) is 160 Å². The molecule has 2 aliphatic rings. The summed E-state index contributed by atoms with van der Waals surface area (Å²) in [4.78, 5) is 10.9. The number of nitriles is 1. The van der Waals surface area contributed by atoms with Crippen molar-refractivity contribution in [1.82, 2.24) is 44.2 Å². The molecule has 198 valence electrons. The summed E-state index contributed by atoms with van der Waals surface area (Å²) in [5, 5.41) is 25.9. The number of fused-ring (bicyclic) bond motifs is 4. The maximum atomic E-state index is 13.4. The van der Waals surface area contributed by atoms with Crippen molar-refractivity contribution in [2.45, 2.75) is 42.8 Å². The first kappa shape index (κ1) is 23.9. The number of anilines is 1. The Morgan fingerprint density at radius 3 is 2.74 bits per heavy atom. The van der Waals surface area contributed by atoms with Gasteiger partial charge in [-0.05, 0) is 25.0 Å². The summed E-state index contributed by atoms with van der Waals surface area (Å²) in [6.45, 7) is 1.67. The number of nitrogens with one attached hydrogen (secondary N) is 1. The van der Waals surface area contributed by atoms with Gasteiger partial charge in [0, 0.05) is 18.5 Å². The van der Waals surface area contributed by atoms with Crippen LogP contribution in [0.25, 0.3) is 27.1 Å². The minimum Gasteiger partial charge on any atom is -0.347 e. The average molecular weight is 570 g/mol. The molecule has 1 fully saturated rings. The fourth-order valence-corrected chi connectivity index (χ4v) is 6.84. The number of halogens is 2. The monoisotopic (exact) mass is 569 g/mol. The Bertz CT molecular complexity index is 1920. The third kappa shape index (κ3) is 3.82. The molecule has 39 heavy (non-hydrogen) atoms. The van der Waals surface area contributed by atoms with Crippen molar-refractivity contribution < 1.29 is 17.2 Å². The Morgan fingerprint density at radius 2 is 2.00 bits per heavy atom. The Kier molecular flexibility index (Phi) is 5.17. The third-order valence-electron chi connectivity index (χ3n) is 6.85. The summed E-state index contributed by atoms with van der Waals surface area (Å²) in [5.74, 6) is 1.33. The summed E-state index contributed by atoms with van der Waals surface area (Å²) in [6, 6.07) is 6.51. The molecule has 7 rings (SSSR count). The number of sulfonamides is 1. The number of nitrogens with zero attached hydrogens (tertiary/aromatic N) is 10. The number of hydrogen-bond donors (Lipinski definition) is 1. The van der Waals surface area contributed by atoms with Gasteiger partial charge in [0.25, 0.3) is 6.43 Å². The molecule has 5 heterocycles. The van der Waals surface area contributed by atoms with Crippen LogP contribution in [0, 0.1) is 11.3 Å². The summed E-state index contributed by atoms with van der Waals surface area (Å²) in [6.07, 6.45) is 1.06. The van der Waals surface area contributed by atoms with Gasteiger partial charge in [0.1, 0.15) is 24.0 Å². The van der Waals surface area contributed by atoms with Crippen LogP contribution < -0.4 is 9.62 Å². The summed E-state index contributed by atoms with van der Waals surface area (Å²) in [5.41, 5.74) is -0.384. The van der Waals surface area contributed by atoms with Crippen molar-refractivity contribution in [2.24, 2.45) is 0 Å². The largest absolute Gasteiger partial charge is 0.347 e. The molecular formula is C22H17F2N11O2S2. The molecule has 0 spiro atoms. The van der Waals surface area contributed by atoms with Gasteiger partial charge >= 0.3 is 0 Å². The highest BCUT2D eigenvalue weighted by atomic mass is 32.2. The van der Waals surface area contributed by atoms with E-state index in [1.807, 2.05) is 15.5 Å².